The molecule has 0 aliphatic carbocycles. The number of nitrogens with one attached hydrogen (secondary N) is 1. The van der Waals surface area contributed by atoms with Gasteiger partial charge in [0.1, 0.15) is 0 Å². The molecule has 2 aromatic rings. The second kappa shape index (κ2) is 7.50. The van der Waals surface area contributed by atoms with E-state index in [9.17, 15) is 8.42 Å². The van der Waals surface area contributed by atoms with E-state index in [1.54, 1.807) is 18.2 Å². The van der Waals surface area contributed by atoms with Crippen LogP contribution in [0, 0.1) is 6.92 Å². The van der Waals surface area contributed by atoms with Crippen molar-refractivity contribution in [3.8, 4) is 11.5 Å². The van der Waals surface area contributed by atoms with Gasteiger partial charge in [-0.05, 0) is 68.2 Å². The van der Waals surface area contributed by atoms with Crippen molar-refractivity contribution in [2.24, 2.45) is 0 Å². The van der Waals surface area contributed by atoms with Crippen LogP contribution in [-0.2, 0) is 10.0 Å². The Labute approximate surface area is 160 Å². The largest absolute Gasteiger partial charge is 0.454 e. The Morgan fingerprint density at radius 3 is 2.63 bits per heavy atom. The standard InChI is InChI=1S/C20H24N2O4S/c1-15-5-4-6-17(11-15)27(23,24)21-13-18(22-9-2-3-10-22)16-7-8-19-20(12-16)26-14-25-19/h4-8,11-12,18,21H,2-3,9-10,13-14H2,1H3. The van der Waals surface area contributed by atoms with Crippen molar-refractivity contribution in [3.05, 3.63) is 53.6 Å². The predicted molar refractivity (Wildman–Crippen MR) is 102 cm³/mol. The minimum atomic E-state index is -3.56. The van der Waals surface area contributed by atoms with Crippen molar-refractivity contribution in [1.82, 2.24) is 9.62 Å². The van der Waals surface area contributed by atoms with E-state index in [0.717, 1.165) is 48.6 Å². The Morgan fingerprint density at radius 2 is 1.85 bits per heavy atom. The topological polar surface area (TPSA) is 67.9 Å². The van der Waals surface area contributed by atoms with Gasteiger partial charge in [0, 0.05) is 12.6 Å². The molecule has 2 aromatic carbocycles. The van der Waals surface area contributed by atoms with Gasteiger partial charge in [-0.1, -0.05) is 18.2 Å². The Hall–Kier alpha value is -2.09. The summed E-state index contributed by atoms with van der Waals surface area (Å²) >= 11 is 0. The molecule has 1 fully saturated rings. The number of sulfonamides is 1. The van der Waals surface area contributed by atoms with Crippen molar-refractivity contribution in [2.75, 3.05) is 26.4 Å². The molecule has 2 heterocycles. The molecule has 144 valence electrons. The van der Waals surface area contributed by atoms with E-state index in [2.05, 4.69) is 9.62 Å². The Balaban J connectivity index is 1.57. The Kier molecular flexibility index (Phi) is 5.08. The summed E-state index contributed by atoms with van der Waals surface area (Å²) in [5.41, 5.74) is 1.96. The normalized spacial score (nSPS) is 18.0. The number of hydrogen-bond acceptors (Lipinski definition) is 5. The molecule has 0 saturated carbocycles. The molecular formula is C20H24N2O4S. The molecule has 0 aromatic heterocycles. The number of hydrogen-bond donors (Lipinski definition) is 1. The fourth-order valence-corrected chi connectivity index (χ4v) is 4.83. The molecule has 27 heavy (non-hydrogen) atoms. The van der Waals surface area contributed by atoms with Gasteiger partial charge < -0.3 is 9.47 Å². The number of aryl methyl sites for hydroxylation is 1. The molecule has 1 unspecified atom stereocenters. The van der Waals surface area contributed by atoms with Crippen LogP contribution in [0.5, 0.6) is 11.5 Å². The van der Waals surface area contributed by atoms with E-state index >= 15 is 0 Å². The van der Waals surface area contributed by atoms with Gasteiger partial charge in [-0.15, -0.1) is 0 Å². The molecule has 1 saturated heterocycles. The number of fused-ring (bicyclic) bond motifs is 1. The molecule has 2 aliphatic heterocycles. The first-order chi connectivity index (χ1) is 13.0. The lowest BCUT2D eigenvalue weighted by Crippen LogP contribution is -2.36. The van der Waals surface area contributed by atoms with Crippen molar-refractivity contribution in [2.45, 2.75) is 30.7 Å². The molecule has 1 atom stereocenters. The quantitative estimate of drug-likeness (QED) is 0.824. The number of benzene rings is 2. The highest BCUT2D eigenvalue weighted by Crippen LogP contribution is 2.36. The number of nitrogens with zero attached hydrogens (tertiary/aromatic N) is 1. The van der Waals surface area contributed by atoms with Crippen molar-refractivity contribution in [1.29, 1.82) is 0 Å². The van der Waals surface area contributed by atoms with Gasteiger partial charge in [0.2, 0.25) is 16.8 Å². The SMILES string of the molecule is Cc1cccc(S(=O)(=O)NCC(c2ccc3c(c2)OCO3)N2CCCC2)c1. The van der Waals surface area contributed by atoms with E-state index in [-0.39, 0.29) is 12.8 Å². The summed E-state index contributed by atoms with van der Waals surface area (Å²) < 4.78 is 39.2. The van der Waals surface area contributed by atoms with Gasteiger partial charge in [0.05, 0.1) is 4.90 Å². The maximum atomic E-state index is 12.7. The summed E-state index contributed by atoms with van der Waals surface area (Å²) in [4.78, 5) is 2.63. The van der Waals surface area contributed by atoms with E-state index in [1.165, 1.54) is 0 Å². The maximum Gasteiger partial charge on any atom is 0.240 e. The molecule has 7 heteroatoms. The van der Waals surface area contributed by atoms with Crippen LogP contribution in [-0.4, -0.2) is 39.7 Å². The van der Waals surface area contributed by atoms with Crippen LogP contribution in [0.2, 0.25) is 0 Å². The van der Waals surface area contributed by atoms with Crippen LogP contribution < -0.4 is 14.2 Å². The first-order valence-electron chi connectivity index (χ1n) is 9.23. The summed E-state index contributed by atoms with van der Waals surface area (Å²) in [7, 11) is -3.56. The van der Waals surface area contributed by atoms with Crippen LogP contribution in [0.3, 0.4) is 0 Å². The van der Waals surface area contributed by atoms with Crippen LogP contribution in [0.1, 0.15) is 30.0 Å². The van der Waals surface area contributed by atoms with Crippen molar-refractivity contribution in [3.63, 3.8) is 0 Å². The molecular weight excluding hydrogens is 364 g/mol. The van der Waals surface area contributed by atoms with Crippen molar-refractivity contribution >= 4 is 10.0 Å². The number of ether oxygens (including phenoxy) is 2. The fourth-order valence-electron chi connectivity index (χ4n) is 3.69. The molecule has 0 bridgehead atoms. The highest BCUT2D eigenvalue weighted by atomic mass is 32.2. The maximum absolute atomic E-state index is 12.7. The molecule has 2 aliphatic rings. The predicted octanol–water partition coefficient (Wildman–Crippen LogP) is 2.84. The second-order valence-corrected chi connectivity index (χ2v) is 8.81. The molecule has 1 N–H and O–H groups in total. The highest BCUT2D eigenvalue weighted by Gasteiger charge is 2.27. The Bertz CT molecular complexity index is 923. The first kappa shape index (κ1) is 18.3. The minimum absolute atomic E-state index is 0.0402. The molecule has 0 spiro atoms. The number of rotatable bonds is 6. The summed E-state index contributed by atoms with van der Waals surface area (Å²) in [6.07, 6.45) is 2.26. The summed E-state index contributed by atoms with van der Waals surface area (Å²) in [6, 6.07) is 12.8. The summed E-state index contributed by atoms with van der Waals surface area (Å²) in [5.74, 6) is 1.46. The van der Waals surface area contributed by atoms with Crippen molar-refractivity contribution < 1.29 is 17.9 Å². The van der Waals surface area contributed by atoms with Crippen LogP contribution in [0.15, 0.2) is 47.4 Å². The van der Waals surface area contributed by atoms with Gasteiger partial charge in [-0.3, -0.25) is 4.90 Å². The van der Waals surface area contributed by atoms with Gasteiger partial charge >= 0.3 is 0 Å². The van der Waals surface area contributed by atoms with Gasteiger partial charge in [-0.2, -0.15) is 0 Å². The molecule has 6 nitrogen and oxygen atoms in total. The third kappa shape index (κ3) is 3.95. The third-order valence-electron chi connectivity index (χ3n) is 5.13. The lowest BCUT2D eigenvalue weighted by Gasteiger charge is -2.28. The van der Waals surface area contributed by atoms with E-state index in [1.807, 2.05) is 31.2 Å². The minimum Gasteiger partial charge on any atom is -0.454 e. The smallest absolute Gasteiger partial charge is 0.240 e. The first-order valence-corrected chi connectivity index (χ1v) is 10.7. The lowest BCUT2D eigenvalue weighted by atomic mass is 10.1. The lowest BCUT2D eigenvalue weighted by molar-refractivity contribution is 0.173. The Morgan fingerprint density at radius 1 is 1.07 bits per heavy atom. The average Bonchev–Trinajstić information content (AvgIpc) is 3.33. The van der Waals surface area contributed by atoms with Gasteiger partial charge in [0.25, 0.3) is 0 Å². The van der Waals surface area contributed by atoms with Crippen LogP contribution in [0.4, 0.5) is 0 Å². The monoisotopic (exact) mass is 388 g/mol. The zero-order chi connectivity index (χ0) is 18.9. The van der Waals surface area contributed by atoms with Gasteiger partial charge in [-0.25, -0.2) is 13.1 Å². The highest BCUT2D eigenvalue weighted by molar-refractivity contribution is 7.89. The molecule has 0 radical (unpaired) electrons. The zero-order valence-electron chi connectivity index (χ0n) is 15.3. The van der Waals surface area contributed by atoms with E-state index < -0.39 is 10.0 Å². The van der Waals surface area contributed by atoms with Crippen LogP contribution in [0.25, 0.3) is 0 Å². The summed E-state index contributed by atoms with van der Waals surface area (Å²) in [5, 5.41) is 0. The van der Waals surface area contributed by atoms with Crippen LogP contribution >= 0.6 is 0 Å². The van der Waals surface area contributed by atoms with Gasteiger partial charge in [0.15, 0.2) is 11.5 Å². The zero-order valence-corrected chi connectivity index (χ0v) is 16.2. The molecule has 0 amide bonds. The summed E-state index contributed by atoms with van der Waals surface area (Å²) in [6.45, 7) is 4.36. The fraction of sp³-hybridized carbons (Fsp3) is 0.400. The number of likely N-dealkylation sites (tertiary alicyclic amines) is 1. The average molecular weight is 388 g/mol. The van der Waals surface area contributed by atoms with E-state index in [4.69, 9.17) is 9.47 Å². The van der Waals surface area contributed by atoms with E-state index in [0.29, 0.717) is 11.4 Å². The third-order valence-corrected chi connectivity index (χ3v) is 6.55. The molecule has 4 rings (SSSR count). The second-order valence-electron chi connectivity index (χ2n) is 7.04.